The van der Waals surface area contributed by atoms with Crippen molar-refractivity contribution in [2.45, 2.75) is 38.5 Å². The minimum atomic E-state index is -0.497. The first-order chi connectivity index (χ1) is 9.10. The predicted molar refractivity (Wildman–Crippen MR) is 76.9 cm³/mol. The normalized spacial score (nSPS) is 26.3. The molecule has 1 aromatic carbocycles. The van der Waals surface area contributed by atoms with Crippen LogP contribution >= 0.6 is 0 Å². The van der Waals surface area contributed by atoms with Crippen LogP contribution in [0.5, 0.6) is 0 Å². The molecule has 19 heavy (non-hydrogen) atoms. The third kappa shape index (κ3) is 3.69. The van der Waals surface area contributed by atoms with E-state index >= 15 is 0 Å². The molecule has 1 heterocycles. The van der Waals surface area contributed by atoms with Gasteiger partial charge in [0.25, 0.3) is 0 Å². The molecule has 2 rings (SSSR count). The van der Waals surface area contributed by atoms with Crippen molar-refractivity contribution in [1.82, 2.24) is 4.90 Å². The van der Waals surface area contributed by atoms with Gasteiger partial charge in [-0.25, -0.2) is 0 Å². The summed E-state index contributed by atoms with van der Waals surface area (Å²) < 4.78 is 5.67. The molecule has 1 aromatic rings. The maximum Gasteiger partial charge on any atom is 0.0917 e. The second kappa shape index (κ2) is 6.37. The number of benzene rings is 1. The molecule has 3 atom stereocenters. The summed E-state index contributed by atoms with van der Waals surface area (Å²) in [6.45, 7) is 6.49. The zero-order valence-corrected chi connectivity index (χ0v) is 11.7. The lowest BCUT2D eigenvalue weighted by Crippen LogP contribution is -2.49. The number of aliphatic hydroxyl groups is 1. The standard InChI is InChI=1S/C15H24N2O2/c1-3-14-10-19-11(2)8-17(14)9-15(18)12-5-4-6-13(16)7-12/h4-7,11,14-15,18H,3,8-10,16H2,1-2H3. The van der Waals surface area contributed by atoms with Crippen molar-refractivity contribution in [3.8, 4) is 0 Å². The molecule has 3 N–H and O–H groups in total. The van der Waals surface area contributed by atoms with Crippen molar-refractivity contribution in [1.29, 1.82) is 0 Å². The molecule has 0 spiro atoms. The maximum absolute atomic E-state index is 10.4. The zero-order valence-electron chi connectivity index (χ0n) is 11.7. The Morgan fingerprint density at radius 1 is 1.53 bits per heavy atom. The van der Waals surface area contributed by atoms with E-state index in [2.05, 4.69) is 18.7 Å². The van der Waals surface area contributed by atoms with Gasteiger partial charge in [-0.2, -0.15) is 0 Å². The number of nitrogen functional groups attached to an aromatic ring is 1. The minimum Gasteiger partial charge on any atom is -0.399 e. The highest BCUT2D eigenvalue weighted by atomic mass is 16.5. The zero-order chi connectivity index (χ0) is 13.8. The molecule has 1 fully saturated rings. The summed E-state index contributed by atoms with van der Waals surface area (Å²) in [7, 11) is 0. The van der Waals surface area contributed by atoms with Crippen LogP contribution in [0.2, 0.25) is 0 Å². The van der Waals surface area contributed by atoms with Gasteiger partial charge < -0.3 is 15.6 Å². The van der Waals surface area contributed by atoms with Gasteiger partial charge in [-0.15, -0.1) is 0 Å². The van der Waals surface area contributed by atoms with E-state index in [1.807, 2.05) is 24.3 Å². The van der Waals surface area contributed by atoms with Gasteiger partial charge in [0.1, 0.15) is 0 Å². The number of hydrogen-bond acceptors (Lipinski definition) is 4. The molecule has 106 valence electrons. The van der Waals surface area contributed by atoms with Crippen molar-refractivity contribution < 1.29 is 9.84 Å². The molecule has 1 saturated heterocycles. The van der Waals surface area contributed by atoms with E-state index in [0.717, 1.165) is 25.1 Å². The summed E-state index contributed by atoms with van der Waals surface area (Å²) in [5.41, 5.74) is 7.34. The number of hydrogen-bond donors (Lipinski definition) is 2. The summed E-state index contributed by atoms with van der Waals surface area (Å²) in [6.07, 6.45) is 0.773. The average Bonchev–Trinajstić information content (AvgIpc) is 2.39. The molecular formula is C15H24N2O2. The summed E-state index contributed by atoms with van der Waals surface area (Å²) in [5, 5.41) is 10.4. The Kier molecular flexibility index (Phi) is 4.80. The van der Waals surface area contributed by atoms with Gasteiger partial charge in [0.05, 0.1) is 18.8 Å². The van der Waals surface area contributed by atoms with Crippen LogP contribution in [-0.2, 0) is 4.74 Å². The van der Waals surface area contributed by atoms with Gasteiger partial charge in [-0.05, 0) is 31.0 Å². The van der Waals surface area contributed by atoms with Gasteiger partial charge in [0.2, 0.25) is 0 Å². The summed E-state index contributed by atoms with van der Waals surface area (Å²) in [6, 6.07) is 7.88. The number of morpholine rings is 1. The van der Waals surface area contributed by atoms with Crippen LogP contribution in [-0.4, -0.2) is 41.8 Å². The number of anilines is 1. The summed E-state index contributed by atoms with van der Waals surface area (Å²) in [5.74, 6) is 0. The van der Waals surface area contributed by atoms with E-state index in [4.69, 9.17) is 10.5 Å². The third-order valence-corrected chi connectivity index (χ3v) is 3.76. The van der Waals surface area contributed by atoms with Crippen molar-refractivity contribution in [3.05, 3.63) is 29.8 Å². The fourth-order valence-electron chi connectivity index (χ4n) is 2.61. The molecule has 0 saturated carbocycles. The molecule has 0 radical (unpaired) electrons. The smallest absolute Gasteiger partial charge is 0.0917 e. The monoisotopic (exact) mass is 264 g/mol. The Balaban J connectivity index is 2.02. The number of ether oxygens (including phenoxy) is 1. The lowest BCUT2D eigenvalue weighted by Gasteiger charge is -2.39. The Bertz CT molecular complexity index is 411. The van der Waals surface area contributed by atoms with Crippen LogP contribution in [0.25, 0.3) is 0 Å². The Morgan fingerprint density at radius 3 is 3.00 bits per heavy atom. The van der Waals surface area contributed by atoms with E-state index in [1.165, 1.54) is 0 Å². The molecule has 1 aliphatic heterocycles. The van der Waals surface area contributed by atoms with Crippen LogP contribution in [0, 0.1) is 0 Å². The van der Waals surface area contributed by atoms with Crippen molar-refractivity contribution in [2.24, 2.45) is 0 Å². The molecule has 0 aliphatic carbocycles. The quantitative estimate of drug-likeness (QED) is 0.814. The summed E-state index contributed by atoms with van der Waals surface area (Å²) >= 11 is 0. The fraction of sp³-hybridized carbons (Fsp3) is 0.600. The van der Waals surface area contributed by atoms with Gasteiger partial charge >= 0.3 is 0 Å². The number of aliphatic hydroxyl groups excluding tert-OH is 1. The van der Waals surface area contributed by atoms with Gasteiger partial charge in [0.15, 0.2) is 0 Å². The topological polar surface area (TPSA) is 58.7 Å². The van der Waals surface area contributed by atoms with Gasteiger partial charge in [-0.3, -0.25) is 4.90 Å². The molecule has 3 unspecified atom stereocenters. The van der Waals surface area contributed by atoms with Crippen LogP contribution in [0.1, 0.15) is 31.9 Å². The molecule has 0 aromatic heterocycles. The summed E-state index contributed by atoms with van der Waals surface area (Å²) in [4.78, 5) is 2.32. The Hall–Kier alpha value is -1.10. The predicted octanol–water partition coefficient (Wildman–Crippen LogP) is 1.80. The van der Waals surface area contributed by atoms with E-state index < -0.39 is 6.10 Å². The number of β-amino-alcohol motifs (C(OH)–C–C–N with tert-alkyl or cyclic N) is 1. The Labute approximate surface area is 115 Å². The van der Waals surface area contributed by atoms with Crippen LogP contribution in [0.15, 0.2) is 24.3 Å². The van der Waals surface area contributed by atoms with E-state index in [-0.39, 0.29) is 6.10 Å². The van der Waals surface area contributed by atoms with Gasteiger partial charge in [-0.1, -0.05) is 19.1 Å². The van der Waals surface area contributed by atoms with Crippen LogP contribution in [0.4, 0.5) is 5.69 Å². The molecule has 4 nitrogen and oxygen atoms in total. The number of nitrogens with zero attached hydrogens (tertiary/aromatic N) is 1. The third-order valence-electron chi connectivity index (χ3n) is 3.76. The fourth-order valence-corrected chi connectivity index (χ4v) is 2.61. The number of rotatable bonds is 4. The highest BCUT2D eigenvalue weighted by Crippen LogP contribution is 2.21. The highest BCUT2D eigenvalue weighted by molar-refractivity contribution is 5.41. The lowest BCUT2D eigenvalue weighted by molar-refractivity contribution is -0.0681. The average molecular weight is 264 g/mol. The van der Waals surface area contributed by atoms with Crippen molar-refractivity contribution in [2.75, 3.05) is 25.4 Å². The molecule has 0 amide bonds. The molecular weight excluding hydrogens is 240 g/mol. The Morgan fingerprint density at radius 2 is 2.32 bits per heavy atom. The van der Waals surface area contributed by atoms with Crippen molar-refractivity contribution >= 4 is 5.69 Å². The first-order valence-electron chi connectivity index (χ1n) is 6.99. The highest BCUT2D eigenvalue weighted by Gasteiger charge is 2.27. The van der Waals surface area contributed by atoms with Gasteiger partial charge in [0, 0.05) is 24.8 Å². The second-order valence-electron chi connectivity index (χ2n) is 5.35. The SMILES string of the molecule is CCC1COC(C)CN1CC(O)c1cccc(N)c1. The largest absolute Gasteiger partial charge is 0.399 e. The van der Waals surface area contributed by atoms with Crippen LogP contribution in [0.3, 0.4) is 0 Å². The second-order valence-corrected chi connectivity index (χ2v) is 5.35. The minimum absolute atomic E-state index is 0.232. The lowest BCUT2D eigenvalue weighted by atomic mass is 10.1. The molecule has 1 aliphatic rings. The van der Waals surface area contributed by atoms with E-state index in [9.17, 15) is 5.11 Å². The first kappa shape index (κ1) is 14.3. The first-order valence-corrected chi connectivity index (χ1v) is 6.99. The maximum atomic E-state index is 10.4. The van der Waals surface area contributed by atoms with Crippen LogP contribution < -0.4 is 5.73 Å². The molecule has 4 heteroatoms. The number of nitrogens with two attached hydrogens (primary N) is 1. The van der Waals surface area contributed by atoms with Crippen molar-refractivity contribution in [3.63, 3.8) is 0 Å². The van der Waals surface area contributed by atoms with E-state index in [1.54, 1.807) is 0 Å². The van der Waals surface area contributed by atoms with E-state index in [0.29, 0.717) is 18.3 Å². The molecule has 0 bridgehead atoms.